The first kappa shape index (κ1) is 12.6. The van der Waals surface area contributed by atoms with Gasteiger partial charge in [0.25, 0.3) is 0 Å². The first-order valence-corrected chi connectivity index (χ1v) is 7.06. The van der Waals surface area contributed by atoms with E-state index >= 15 is 0 Å². The average molecular weight is 264 g/mol. The van der Waals surface area contributed by atoms with Crippen LogP contribution in [-0.4, -0.2) is 31.3 Å². The fourth-order valence-corrected chi connectivity index (χ4v) is 3.45. The fourth-order valence-electron chi connectivity index (χ4n) is 3.45. The van der Waals surface area contributed by atoms with Gasteiger partial charge in [0, 0.05) is 5.41 Å². The Balaban J connectivity index is 1.86. The van der Waals surface area contributed by atoms with Crippen LogP contribution in [0.25, 0.3) is 0 Å². The van der Waals surface area contributed by atoms with E-state index in [2.05, 4.69) is 22.4 Å². The predicted molar refractivity (Wildman–Crippen MR) is 67.6 cm³/mol. The summed E-state index contributed by atoms with van der Waals surface area (Å²) in [4.78, 5) is 11.5. The van der Waals surface area contributed by atoms with Crippen LogP contribution < -0.4 is 0 Å². The zero-order valence-corrected chi connectivity index (χ0v) is 11.3. The maximum atomic E-state index is 11.5. The van der Waals surface area contributed by atoms with Gasteiger partial charge in [-0.1, -0.05) is 26.2 Å². The van der Waals surface area contributed by atoms with Crippen LogP contribution >= 0.6 is 0 Å². The molecule has 104 valence electrons. The summed E-state index contributed by atoms with van der Waals surface area (Å²) in [7, 11) is 0. The Labute approximate surface area is 112 Å². The highest BCUT2D eigenvalue weighted by Gasteiger charge is 2.46. The fraction of sp³-hybridized carbons (Fsp3) is 0.846. The van der Waals surface area contributed by atoms with Crippen molar-refractivity contribution in [2.45, 2.75) is 63.8 Å². The van der Waals surface area contributed by atoms with E-state index in [9.17, 15) is 9.90 Å². The molecule has 0 aliphatic heterocycles. The third-order valence-electron chi connectivity index (χ3n) is 5.00. The van der Waals surface area contributed by atoms with Crippen molar-refractivity contribution >= 4 is 5.97 Å². The molecule has 1 aromatic heterocycles. The van der Waals surface area contributed by atoms with E-state index in [0.717, 1.165) is 37.9 Å². The van der Waals surface area contributed by atoms with Gasteiger partial charge in [0.1, 0.15) is 0 Å². The monoisotopic (exact) mass is 264 g/mol. The van der Waals surface area contributed by atoms with Crippen LogP contribution in [0.15, 0.2) is 0 Å². The van der Waals surface area contributed by atoms with Gasteiger partial charge < -0.3 is 5.11 Å². The summed E-state index contributed by atoms with van der Waals surface area (Å²) in [5.74, 6) is 0.161. The SMILES string of the molecule is CC1(c2nnnn2CC2(C(=O)O)CCC2)CCCC1. The van der Waals surface area contributed by atoms with E-state index in [0.29, 0.717) is 6.54 Å². The summed E-state index contributed by atoms with van der Waals surface area (Å²) in [5, 5.41) is 21.4. The molecule has 6 heteroatoms. The number of aliphatic carboxylic acids is 1. The smallest absolute Gasteiger partial charge is 0.311 e. The molecule has 1 N–H and O–H groups in total. The molecule has 0 spiro atoms. The lowest BCUT2D eigenvalue weighted by atomic mass is 9.68. The predicted octanol–water partition coefficient (Wildman–Crippen LogP) is 1.76. The average Bonchev–Trinajstić information content (AvgIpc) is 2.92. The van der Waals surface area contributed by atoms with Gasteiger partial charge in [-0.15, -0.1) is 5.10 Å². The minimum absolute atomic E-state index is 0.0208. The zero-order valence-electron chi connectivity index (χ0n) is 11.3. The van der Waals surface area contributed by atoms with Crippen molar-refractivity contribution in [2.24, 2.45) is 5.41 Å². The Hall–Kier alpha value is -1.46. The summed E-state index contributed by atoms with van der Waals surface area (Å²) in [6.45, 7) is 2.61. The van der Waals surface area contributed by atoms with E-state index < -0.39 is 11.4 Å². The van der Waals surface area contributed by atoms with E-state index in [1.165, 1.54) is 12.8 Å². The molecular weight excluding hydrogens is 244 g/mol. The number of carboxylic acid groups (broad SMARTS) is 1. The van der Waals surface area contributed by atoms with Crippen LogP contribution in [0.3, 0.4) is 0 Å². The van der Waals surface area contributed by atoms with Crippen molar-refractivity contribution in [1.82, 2.24) is 20.2 Å². The molecule has 0 atom stereocenters. The van der Waals surface area contributed by atoms with E-state index in [4.69, 9.17) is 0 Å². The van der Waals surface area contributed by atoms with Crippen molar-refractivity contribution in [3.63, 3.8) is 0 Å². The standard InChI is InChI=1S/C13H20N4O2/c1-12(5-2-3-6-12)10-14-15-16-17(10)9-13(11(18)19)7-4-8-13/h2-9H2,1H3,(H,18,19). The Morgan fingerprint density at radius 3 is 2.47 bits per heavy atom. The highest BCUT2D eigenvalue weighted by Crippen LogP contribution is 2.44. The minimum Gasteiger partial charge on any atom is -0.481 e. The number of aromatic nitrogens is 4. The molecule has 1 heterocycles. The van der Waals surface area contributed by atoms with Crippen LogP contribution in [0.1, 0.15) is 57.7 Å². The Morgan fingerprint density at radius 2 is 1.95 bits per heavy atom. The number of nitrogens with zero attached hydrogens (tertiary/aromatic N) is 4. The van der Waals surface area contributed by atoms with Gasteiger partial charge in [0.2, 0.25) is 0 Å². The number of rotatable bonds is 4. The third-order valence-corrected chi connectivity index (χ3v) is 5.00. The van der Waals surface area contributed by atoms with Crippen molar-refractivity contribution in [3.05, 3.63) is 5.82 Å². The molecule has 1 aromatic rings. The van der Waals surface area contributed by atoms with Gasteiger partial charge in [-0.3, -0.25) is 4.79 Å². The summed E-state index contributed by atoms with van der Waals surface area (Å²) in [5.41, 5.74) is -0.619. The second-order valence-corrected chi connectivity index (χ2v) is 6.37. The molecule has 2 aliphatic rings. The van der Waals surface area contributed by atoms with Gasteiger partial charge >= 0.3 is 5.97 Å². The molecule has 0 bridgehead atoms. The summed E-state index contributed by atoms with van der Waals surface area (Å²) in [6, 6.07) is 0. The molecule has 2 aliphatic carbocycles. The number of hydrogen-bond acceptors (Lipinski definition) is 4. The van der Waals surface area contributed by atoms with Crippen molar-refractivity contribution < 1.29 is 9.90 Å². The van der Waals surface area contributed by atoms with Crippen molar-refractivity contribution in [3.8, 4) is 0 Å². The van der Waals surface area contributed by atoms with E-state index in [1.807, 2.05) is 0 Å². The van der Waals surface area contributed by atoms with Gasteiger partial charge in [0.15, 0.2) is 5.82 Å². The maximum Gasteiger partial charge on any atom is 0.311 e. The lowest BCUT2D eigenvalue weighted by molar-refractivity contribution is -0.156. The molecule has 0 aromatic carbocycles. The second-order valence-electron chi connectivity index (χ2n) is 6.37. The third kappa shape index (κ3) is 1.93. The first-order chi connectivity index (χ1) is 9.06. The number of carboxylic acids is 1. The van der Waals surface area contributed by atoms with Gasteiger partial charge in [-0.25, -0.2) is 4.68 Å². The highest BCUT2D eigenvalue weighted by atomic mass is 16.4. The van der Waals surface area contributed by atoms with Gasteiger partial charge in [0.05, 0.1) is 12.0 Å². The van der Waals surface area contributed by atoms with Gasteiger partial charge in [-0.2, -0.15) is 0 Å². The molecule has 0 saturated heterocycles. The quantitative estimate of drug-likeness (QED) is 0.896. The van der Waals surface area contributed by atoms with Crippen LogP contribution in [-0.2, 0) is 16.8 Å². The Bertz CT molecular complexity index is 487. The molecule has 6 nitrogen and oxygen atoms in total. The molecule has 0 radical (unpaired) electrons. The summed E-state index contributed by atoms with van der Waals surface area (Å²) >= 11 is 0. The maximum absolute atomic E-state index is 11.5. The van der Waals surface area contributed by atoms with Crippen LogP contribution in [0.5, 0.6) is 0 Å². The normalized spacial score (nSPS) is 24.1. The van der Waals surface area contributed by atoms with Crippen molar-refractivity contribution in [2.75, 3.05) is 0 Å². The van der Waals surface area contributed by atoms with Crippen molar-refractivity contribution in [1.29, 1.82) is 0 Å². The Morgan fingerprint density at radius 1 is 1.26 bits per heavy atom. The van der Waals surface area contributed by atoms with E-state index in [1.54, 1.807) is 4.68 Å². The summed E-state index contributed by atoms with van der Waals surface area (Å²) < 4.78 is 1.75. The number of tetrazole rings is 1. The number of carbonyl (C=O) groups is 1. The first-order valence-electron chi connectivity index (χ1n) is 7.06. The molecule has 3 rings (SSSR count). The minimum atomic E-state index is -0.711. The lowest BCUT2D eigenvalue weighted by Crippen LogP contribution is -2.43. The topological polar surface area (TPSA) is 80.9 Å². The highest BCUT2D eigenvalue weighted by molar-refractivity contribution is 5.75. The Kier molecular flexibility index (Phi) is 2.83. The lowest BCUT2D eigenvalue weighted by Gasteiger charge is -2.38. The molecule has 2 fully saturated rings. The second kappa shape index (κ2) is 4.28. The number of hydrogen-bond donors (Lipinski definition) is 1. The molecule has 19 heavy (non-hydrogen) atoms. The zero-order chi connectivity index (χ0) is 13.5. The molecule has 0 amide bonds. The van der Waals surface area contributed by atoms with Crippen LogP contribution in [0, 0.1) is 5.41 Å². The molecular formula is C13H20N4O2. The van der Waals surface area contributed by atoms with E-state index in [-0.39, 0.29) is 5.41 Å². The molecule has 2 saturated carbocycles. The van der Waals surface area contributed by atoms with Gasteiger partial charge in [-0.05, 0) is 36.1 Å². The summed E-state index contributed by atoms with van der Waals surface area (Å²) in [6.07, 6.45) is 7.04. The largest absolute Gasteiger partial charge is 0.481 e. The van der Waals surface area contributed by atoms with Crippen LogP contribution in [0.4, 0.5) is 0 Å². The van der Waals surface area contributed by atoms with Crippen LogP contribution in [0.2, 0.25) is 0 Å². The molecule has 0 unspecified atom stereocenters.